The van der Waals surface area contributed by atoms with Crippen LogP contribution in [0.15, 0.2) is 0 Å². The summed E-state index contributed by atoms with van der Waals surface area (Å²) in [5.41, 5.74) is 0. The molecule has 1 rings (SSSR count). The summed E-state index contributed by atoms with van der Waals surface area (Å²) in [6.45, 7) is 8.78. The maximum atomic E-state index is 2.75. The Morgan fingerprint density at radius 3 is 1.31 bits per heavy atom. The van der Waals surface area contributed by atoms with Crippen molar-refractivity contribution in [3.8, 4) is 0 Å². The first-order chi connectivity index (χ1) is 13.2. The average Bonchev–Trinajstić information content (AvgIpc) is 3.07. The Labute approximate surface area is 197 Å². The fourth-order valence-electron chi connectivity index (χ4n) is 4.11. The van der Waals surface area contributed by atoms with Gasteiger partial charge in [0.05, 0.1) is 0 Å². The molecule has 1 heterocycles. The Hall–Kier alpha value is 0.500. The molecule has 0 bridgehead atoms. The second-order valence-electron chi connectivity index (χ2n) is 9.00. The minimum Gasteiger partial charge on any atom is -0.323 e. The van der Waals surface area contributed by atoms with Gasteiger partial charge in [-0.15, -0.1) is 24.8 Å². The molecule has 1 saturated heterocycles. The molecule has 1 aliphatic rings. The number of hydrogen-bond acceptors (Lipinski definition) is 2. The topological polar surface area (TPSA) is 15.3 Å². The van der Waals surface area contributed by atoms with E-state index in [0.29, 0.717) is 0 Å². The Morgan fingerprint density at radius 2 is 1.00 bits per heavy atom. The summed E-state index contributed by atoms with van der Waals surface area (Å²) in [4.78, 5) is 2.68. The minimum atomic E-state index is 0. The van der Waals surface area contributed by atoms with Crippen LogP contribution in [-0.2, 0) is 0 Å². The standard InChI is InChI=1S/C23H47N.C2H7N.2ClH/c1-3-4-5-6-7-8-9-10-11-12-13-14-15-16-17-18-20-24-21-19-23(2)22-24;1-3-2;;/h23H,3-22H2,1-2H3;3H,1-2H3;2*1H. The molecule has 1 N–H and O–H groups in total. The van der Waals surface area contributed by atoms with Gasteiger partial charge in [-0.25, -0.2) is 0 Å². The summed E-state index contributed by atoms with van der Waals surface area (Å²) >= 11 is 0. The van der Waals surface area contributed by atoms with E-state index in [2.05, 4.69) is 24.1 Å². The molecule has 0 spiro atoms. The van der Waals surface area contributed by atoms with Crippen LogP contribution in [0, 0.1) is 5.92 Å². The Balaban J connectivity index is -0.00000127. The molecule has 1 aliphatic heterocycles. The molecule has 1 atom stereocenters. The quantitative estimate of drug-likeness (QED) is 0.222. The summed E-state index contributed by atoms with van der Waals surface area (Å²) in [6, 6.07) is 0. The summed E-state index contributed by atoms with van der Waals surface area (Å²) in [7, 11) is 3.75. The number of unbranched alkanes of at least 4 members (excludes halogenated alkanes) is 15. The minimum absolute atomic E-state index is 0. The third kappa shape index (κ3) is 26.5. The fraction of sp³-hybridized carbons (Fsp3) is 1.00. The third-order valence-corrected chi connectivity index (χ3v) is 5.84. The van der Waals surface area contributed by atoms with Crippen LogP contribution in [0.4, 0.5) is 0 Å². The molecule has 0 aliphatic carbocycles. The van der Waals surface area contributed by atoms with Crippen molar-refractivity contribution in [2.45, 2.75) is 123 Å². The molecule has 0 aromatic heterocycles. The van der Waals surface area contributed by atoms with Crippen LogP contribution in [0.3, 0.4) is 0 Å². The first-order valence-electron chi connectivity index (χ1n) is 12.5. The van der Waals surface area contributed by atoms with Gasteiger partial charge >= 0.3 is 0 Å². The van der Waals surface area contributed by atoms with Crippen LogP contribution in [0.25, 0.3) is 0 Å². The van der Waals surface area contributed by atoms with E-state index in [4.69, 9.17) is 0 Å². The third-order valence-electron chi connectivity index (χ3n) is 5.84. The van der Waals surface area contributed by atoms with Gasteiger partial charge in [-0.3, -0.25) is 0 Å². The van der Waals surface area contributed by atoms with Crippen LogP contribution >= 0.6 is 24.8 Å². The molecule has 180 valence electrons. The SMILES string of the molecule is CCCCCCCCCCCCCCCCCCN1CCC(C)C1.CNC.Cl.Cl. The van der Waals surface area contributed by atoms with Crippen molar-refractivity contribution in [3.63, 3.8) is 0 Å². The largest absolute Gasteiger partial charge is 0.323 e. The van der Waals surface area contributed by atoms with Crippen LogP contribution in [0.1, 0.15) is 123 Å². The summed E-state index contributed by atoms with van der Waals surface area (Å²) in [5.74, 6) is 0.950. The lowest BCUT2D eigenvalue weighted by Gasteiger charge is -2.14. The zero-order valence-corrected chi connectivity index (χ0v) is 22.1. The monoisotopic (exact) mass is 454 g/mol. The highest BCUT2D eigenvalue weighted by molar-refractivity contribution is 5.85. The maximum absolute atomic E-state index is 2.75. The molecule has 29 heavy (non-hydrogen) atoms. The summed E-state index contributed by atoms with van der Waals surface area (Å²) in [6.07, 6.45) is 24.9. The van der Waals surface area contributed by atoms with E-state index in [9.17, 15) is 0 Å². The van der Waals surface area contributed by atoms with E-state index in [1.54, 1.807) is 0 Å². The lowest BCUT2D eigenvalue weighted by atomic mass is 10.0. The predicted octanol–water partition coefficient (Wildman–Crippen LogP) is 8.27. The molecule has 0 aromatic rings. The van der Waals surface area contributed by atoms with Crippen LogP contribution < -0.4 is 5.32 Å². The normalized spacial score (nSPS) is 15.9. The van der Waals surface area contributed by atoms with Crippen LogP contribution in [0.5, 0.6) is 0 Å². The van der Waals surface area contributed by atoms with Crippen molar-refractivity contribution in [2.24, 2.45) is 5.92 Å². The lowest BCUT2D eigenvalue weighted by Crippen LogP contribution is -2.21. The predicted molar refractivity (Wildman–Crippen MR) is 139 cm³/mol. The number of likely N-dealkylation sites (tertiary alicyclic amines) is 1. The molecule has 2 nitrogen and oxygen atoms in total. The van der Waals surface area contributed by atoms with Crippen LogP contribution in [0.2, 0.25) is 0 Å². The average molecular weight is 456 g/mol. The number of halogens is 2. The molecule has 1 unspecified atom stereocenters. The summed E-state index contributed by atoms with van der Waals surface area (Å²) in [5, 5.41) is 2.75. The van der Waals surface area contributed by atoms with Crippen molar-refractivity contribution >= 4 is 24.8 Å². The zero-order valence-electron chi connectivity index (χ0n) is 20.5. The van der Waals surface area contributed by atoms with Gasteiger partial charge in [0.15, 0.2) is 0 Å². The van der Waals surface area contributed by atoms with Gasteiger partial charge in [0.2, 0.25) is 0 Å². The molecular weight excluding hydrogens is 399 g/mol. The number of rotatable bonds is 17. The molecule has 1 fully saturated rings. The van der Waals surface area contributed by atoms with Crippen molar-refractivity contribution in [1.82, 2.24) is 10.2 Å². The highest BCUT2D eigenvalue weighted by Gasteiger charge is 2.17. The zero-order chi connectivity index (χ0) is 20.0. The van der Waals surface area contributed by atoms with Crippen molar-refractivity contribution < 1.29 is 0 Å². The van der Waals surface area contributed by atoms with Crippen molar-refractivity contribution in [1.29, 1.82) is 0 Å². The molecule has 4 heteroatoms. The summed E-state index contributed by atoms with van der Waals surface area (Å²) < 4.78 is 0. The maximum Gasteiger partial charge on any atom is 0.000750 e. The van der Waals surface area contributed by atoms with E-state index in [1.807, 2.05) is 14.1 Å². The van der Waals surface area contributed by atoms with E-state index < -0.39 is 0 Å². The van der Waals surface area contributed by atoms with Gasteiger partial charge in [0.1, 0.15) is 0 Å². The second-order valence-corrected chi connectivity index (χ2v) is 9.00. The number of hydrogen-bond donors (Lipinski definition) is 1. The highest BCUT2D eigenvalue weighted by atomic mass is 35.5. The van der Waals surface area contributed by atoms with Gasteiger partial charge in [-0.05, 0) is 45.9 Å². The van der Waals surface area contributed by atoms with Gasteiger partial charge in [-0.2, -0.15) is 0 Å². The molecule has 0 amide bonds. The van der Waals surface area contributed by atoms with Gasteiger partial charge in [0.25, 0.3) is 0 Å². The first-order valence-corrected chi connectivity index (χ1v) is 12.5. The molecule has 0 saturated carbocycles. The fourth-order valence-corrected chi connectivity index (χ4v) is 4.11. The smallest absolute Gasteiger partial charge is 0.000750 e. The first kappa shape index (κ1) is 34.1. The van der Waals surface area contributed by atoms with Crippen molar-refractivity contribution in [3.05, 3.63) is 0 Å². The molecular formula is C25H56Cl2N2. The Morgan fingerprint density at radius 1 is 0.655 bits per heavy atom. The van der Waals surface area contributed by atoms with E-state index >= 15 is 0 Å². The van der Waals surface area contributed by atoms with Crippen molar-refractivity contribution in [2.75, 3.05) is 33.7 Å². The van der Waals surface area contributed by atoms with E-state index in [1.165, 1.54) is 129 Å². The van der Waals surface area contributed by atoms with E-state index in [0.717, 1.165) is 5.92 Å². The highest BCUT2D eigenvalue weighted by Crippen LogP contribution is 2.17. The number of nitrogens with one attached hydrogen (secondary N) is 1. The Kier molecular flexibility index (Phi) is 33.5. The molecule has 0 radical (unpaired) electrons. The number of nitrogens with zero attached hydrogens (tertiary/aromatic N) is 1. The van der Waals surface area contributed by atoms with E-state index in [-0.39, 0.29) is 24.8 Å². The lowest BCUT2D eigenvalue weighted by molar-refractivity contribution is 0.317. The van der Waals surface area contributed by atoms with Gasteiger partial charge in [0, 0.05) is 6.54 Å². The van der Waals surface area contributed by atoms with Crippen LogP contribution in [-0.4, -0.2) is 38.6 Å². The Bertz CT molecular complexity index is 278. The van der Waals surface area contributed by atoms with Gasteiger partial charge in [-0.1, -0.05) is 110 Å². The second kappa shape index (κ2) is 28.5. The molecule has 0 aromatic carbocycles. The van der Waals surface area contributed by atoms with Gasteiger partial charge < -0.3 is 10.2 Å².